The van der Waals surface area contributed by atoms with Crippen LogP contribution < -0.4 is 0 Å². The van der Waals surface area contributed by atoms with Crippen LogP contribution in [-0.2, 0) is 6.42 Å². The molecule has 0 saturated heterocycles. The molecule has 2 aromatic rings. The molecule has 0 amide bonds. The number of fused-ring (bicyclic) bond motifs is 3. The lowest BCUT2D eigenvalue weighted by Crippen LogP contribution is -2.11. The van der Waals surface area contributed by atoms with Gasteiger partial charge in [0.15, 0.2) is 0 Å². The Bertz CT molecular complexity index is 507. The minimum atomic E-state index is -0.327. The Kier molecular flexibility index (Phi) is 1.96. The number of rotatable bonds is 0. The third kappa shape index (κ3) is 1.33. The van der Waals surface area contributed by atoms with Crippen molar-refractivity contribution in [3.05, 3.63) is 41.7 Å². The Balaban J connectivity index is 2.35. The zero-order valence-electron chi connectivity index (χ0n) is 8.48. The highest BCUT2D eigenvalue weighted by molar-refractivity contribution is 5.86. The fourth-order valence-corrected chi connectivity index (χ4v) is 2.41. The van der Waals surface area contributed by atoms with E-state index in [1.807, 2.05) is 24.4 Å². The molecule has 1 aliphatic rings. The van der Waals surface area contributed by atoms with E-state index in [2.05, 4.69) is 11.1 Å². The SMILES string of the molecule is OC1CCCc2ncc3ccccc3c21. The predicted octanol–water partition coefficient (Wildman–Crippen LogP) is 2.60. The second kappa shape index (κ2) is 3.31. The van der Waals surface area contributed by atoms with Gasteiger partial charge in [-0.3, -0.25) is 4.98 Å². The normalized spacial score (nSPS) is 20.2. The molecule has 15 heavy (non-hydrogen) atoms. The molecular formula is C13H13NO. The van der Waals surface area contributed by atoms with Crippen LogP contribution in [-0.4, -0.2) is 10.1 Å². The summed E-state index contributed by atoms with van der Waals surface area (Å²) in [5.41, 5.74) is 2.13. The van der Waals surface area contributed by atoms with Crippen molar-refractivity contribution in [1.29, 1.82) is 0 Å². The zero-order chi connectivity index (χ0) is 10.3. The first-order valence-corrected chi connectivity index (χ1v) is 5.41. The van der Waals surface area contributed by atoms with E-state index in [-0.39, 0.29) is 6.10 Å². The topological polar surface area (TPSA) is 33.1 Å². The summed E-state index contributed by atoms with van der Waals surface area (Å²) in [6, 6.07) is 8.14. The number of aromatic nitrogens is 1. The molecule has 1 heterocycles. The first kappa shape index (κ1) is 8.86. The van der Waals surface area contributed by atoms with Crippen LogP contribution in [0, 0.1) is 0 Å². The van der Waals surface area contributed by atoms with Crippen molar-refractivity contribution in [2.75, 3.05) is 0 Å². The van der Waals surface area contributed by atoms with Gasteiger partial charge in [-0.2, -0.15) is 0 Å². The van der Waals surface area contributed by atoms with Gasteiger partial charge in [-0.25, -0.2) is 0 Å². The highest BCUT2D eigenvalue weighted by atomic mass is 16.3. The van der Waals surface area contributed by atoms with Crippen LogP contribution in [0.4, 0.5) is 0 Å². The van der Waals surface area contributed by atoms with Crippen molar-refractivity contribution in [3.63, 3.8) is 0 Å². The van der Waals surface area contributed by atoms with Crippen LogP contribution in [0.25, 0.3) is 10.8 Å². The summed E-state index contributed by atoms with van der Waals surface area (Å²) in [7, 11) is 0. The van der Waals surface area contributed by atoms with E-state index in [1.54, 1.807) is 0 Å². The maximum atomic E-state index is 10.0. The largest absolute Gasteiger partial charge is 0.388 e. The van der Waals surface area contributed by atoms with Crippen molar-refractivity contribution in [2.45, 2.75) is 25.4 Å². The zero-order valence-corrected chi connectivity index (χ0v) is 8.48. The molecule has 76 valence electrons. The lowest BCUT2D eigenvalue weighted by atomic mass is 9.90. The van der Waals surface area contributed by atoms with Crippen LogP contribution in [0.15, 0.2) is 30.5 Å². The summed E-state index contributed by atoms with van der Waals surface area (Å²) in [6.45, 7) is 0. The molecule has 2 nitrogen and oxygen atoms in total. The molecule has 1 aliphatic carbocycles. The average Bonchev–Trinajstić information content (AvgIpc) is 2.29. The number of pyridine rings is 1. The second-order valence-corrected chi connectivity index (χ2v) is 4.11. The highest BCUT2D eigenvalue weighted by Crippen LogP contribution is 2.33. The average molecular weight is 199 g/mol. The number of aryl methyl sites for hydroxylation is 1. The summed E-state index contributed by atoms with van der Waals surface area (Å²) in [5.74, 6) is 0. The lowest BCUT2D eigenvalue weighted by molar-refractivity contribution is 0.157. The summed E-state index contributed by atoms with van der Waals surface area (Å²) in [5, 5.41) is 12.3. The van der Waals surface area contributed by atoms with Crippen molar-refractivity contribution in [3.8, 4) is 0 Å². The molecule has 0 aliphatic heterocycles. The molecule has 0 radical (unpaired) electrons. The molecule has 1 unspecified atom stereocenters. The van der Waals surface area contributed by atoms with Gasteiger partial charge in [0, 0.05) is 22.8 Å². The molecule has 1 atom stereocenters. The molecule has 0 fully saturated rings. The number of hydrogen-bond acceptors (Lipinski definition) is 2. The number of hydrogen-bond donors (Lipinski definition) is 1. The highest BCUT2D eigenvalue weighted by Gasteiger charge is 2.21. The Morgan fingerprint density at radius 1 is 1.27 bits per heavy atom. The monoisotopic (exact) mass is 199 g/mol. The first-order valence-electron chi connectivity index (χ1n) is 5.41. The van der Waals surface area contributed by atoms with Gasteiger partial charge in [-0.05, 0) is 24.6 Å². The van der Waals surface area contributed by atoms with Gasteiger partial charge < -0.3 is 5.11 Å². The van der Waals surface area contributed by atoms with E-state index in [0.717, 1.165) is 41.3 Å². The number of aliphatic hydroxyl groups is 1. The molecule has 0 spiro atoms. The maximum absolute atomic E-state index is 10.0. The van der Waals surface area contributed by atoms with Crippen LogP contribution in [0.3, 0.4) is 0 Å². The van der Waals surface area contributed by atoms with E-state index < -0.39 is 0 Å². The van der Waals surface area contributed by atoms with Gasteiger partial charge in [0.25, 0.3) is 0 Å². The molecule has 3 rings (SSSR count). The van der Waals surface area contributed by atoms with Crippen molar-refractivity contribution in [2.24, 2.45) is 0 Å². The summed E-state index contributed by atoms with van der Waals surface area (Å²) >= 11 is 0. The standard InChI is InChI=1S/C13H13NO/c15-12-7-3-6-11-13(12)10-5-2-1-4-9(10)8-14-11/h1-2,4-5,8,12,15H,3,6-7H2. The number of benzene rings is 1. The van der Waals surface area contributed by atoms with E-state index in [1.165, 1.54) is 0 Å². The number of aliphatic hydroxyl groups excluding tert-OH is 1. The van der Waals surface area contributed by atoms with E-state index >= 15 is 0 Å². The van der Waals surface area contributed by atoms with Crippen LogP contribution in [0.5, 0.6) is 0 Å². The molecule has 1 N–H and O–H groups in total. The Morgan fingerprint density at radius 3 is 3.07 bits per heavy atom. The smallest absolute Gasteiger partial charge is 0.0813 e. The maximum Gasteiger partial charge on any atom is 0.0813 e. The Morgan fingerprint density at radius 2 is 2.13 bits per heavy atom. The van der Waals surface area contributed by atoms with Crippen LogP contribution in [0.2, 0.25) is 0 Å². The Hall–Kier alpha value is -1.41. The second-order valence-electron chi connectivity index (χ2n) is 4.11. The number of nitrogens with zero attached hydrogens (tertiary/aromatic N) is 1. The van der Waals surface area contributed by atoms with E-state index in [9.17, 15) is 5.11 Å². The van der Waals surface area contributed by atoms with Crippen molar-refractivity contribution in [1.82, 2.24) is 4.98 Å². The van der Waals surface area contributed by atoms with Crippen LogP contribution in [0.1, 0.15) is 30.2 Å². The van der Waals surface area contributed by atoms with Crippen molar-refractivity contribution < 1.29 is 5.11 Å². The third-order valence-electron chi connectivity index (χ3n) is 3.15. The predicted molar refractivity (Wildman–Crippen MR) is 59.6 cm³/mol. The van der Waals surface area contributed by atoms with Gasteiger partial charge in [0.05, 0.1) is 6.10 Å². The minimum absolute atomic E-state index is 0.327. The van der Waals surface area contributed by atoms with Gasteiger partial charge in [-0.15, -0.1) is 0 Å². The first-order chi connectivity index (χ1) is 7.36. The lowest BCUT2D eigenvalue weighted by Gasteiger charge is -2.21. The minimum Gasteiger partial charge on any atom is -0.388 e. The fraction of sp³-hybridized carbons (Fsp3) is 0.308. The van der Waals surface area contributed by atoms with Gasteiger partial charge in [0.2, 0.25) is 0 Å². The van der Waals surface area contributed by atoms with Crippen molar-refractivity contribution >= 4 is 10.8 Å². The van der Waals surface area contributed by atoms with E-state index in [4.69, 9.17) is 0 Å². The van der Waals surface area contributed by atoms with Gasteiger partial charge in [0.1, 0.15) is 0 Å². The molecular weight excluding hydrogens is 186 g/mol. The fourth-order valence-electron chi connectivity index (χ4n) is 2.41. The molecule has 2 heteroatoms. The quantitative estimate of drug-likeness (QED) is 0.707. The molecule has 0 saturated carbocycles. The molecule has 1 aromatic carbocycles. The molecule has 1 aromatic heterocycles. The summed E-state index contributed by atoms with van der Waals surface area (Å²) < 4.78 is 0. The van der Waals surface area contributed by atoms with E-state index in [0.29, 0.717) is 0 Å². The van der Waals surface area contributed by atoms with Gasteiger partial charge in [-0.1, -0.05) is 24.3 Å². The summed E-state index contributed by atoms with van der Waals surface area (Å²) in [4.78, 5) is 4.44. The third-order valence-corrected chi connectivity index (χ3v) is 3.15. The Labute approximate surface area is 88.6 Å². The van der Waals surface area contributed by atoms with Gasteiger partial charge >= 0.3 is 0 Å². The molecule has 0 bridgehead atoms. The summed E-state index contributed by atoms with van der Waals surface area (Å²) in [6.07, 6.45) is 4.48. The van der Waals surface area contributed by atoms with Crippen LogP contribution >= 0.6 is 0 Å².